The largest absolute Gasteiger partial charge is 0.319 e. The van der Waals surface area contributed by atoms with E-state index < -0.39 is 15.7 Å². The Morgan fingerprint density at radius 3 is 2.69 bits per heavy atom. The van der Waals surface area contributed by atoms with Crippen LogP contribution in [0, 0.1) is 5.82 Å². The lowest BCUT2D eigenvalue weighted by molar-refractivity contribution is 0.0997. The topological polar surface area (TPSA) is 68.5 Å². The van der Waals surface area contributed by atoms with Crippen LogP contribution in [-0.2, 0) is 16.4 Å². The number of amides is 1. The fourth-order valence-electron chi connectivity index (χ4n) is 2.33. The zero-order chi connectivity index (χ0) is 18.7. The molecule has 0 unspecified atom stereocenters. The number of thiazole rings is 1. The summed E-state index contributed by atoms with van der Waals surface area (Å²) in [7, 11) is -3.41. The summed E-state index contributed by atoms with van der Waals surface area (Å²) in [5, 5.41) is 1.75. The van der Waals surface area contributed by atoms with Crippen molar-refractivity contribution in [1.82, 2.24) is 4.57 Å². The van der Waals surface area contributed by atoms with Gasteiger partial charge in [-0.25, -0.2) is 12.8 Å². The quantitative estimate of drug-likeness (QED) is 0.688. The van der Waals surface area contributed by atoms with E-state index in [0.717, 1.165) is 6.26 Å². The van der Waals surface area contributed by atoms with Gasteiger partial charge >= 0.3 is 0 Å². The number of sulfone groups is 1. The average Bonchev–Trinajstić information content (AvgIpc) is 3.03. The van der Waals surface area contributed by atoms with Crippen molar-refractivity contribution in [2.75, 3.05) is 6.26 Å². The lowest BCUT2D eigenvalue weighted by Gasteiger charge is -2.04. The van der Waals surface area contributed by atoms with Gasteiger partial charge in [-0.05, 0) is 24.3 Å². The molecule has 2 aromatic carbocycles. The maximum Gasteiger partial charge on any atom is 0.279 e. The summed E-state index contributed by atoms with van der Waals surface area (Å²) in [5.41, 5.74) is 0.664. The Labute approximate surface area is 154 Å². The van der Waals surface area contributed by atoms with Crippen LogP contribution in [0.3, 0.4) is 0 Å². The van der Waals surface area contributed by atoms with Crippen molar-refractivity contribution in [3.8, 4) is 0 Å². The van der Waals surface area contributed by atoms with Crippen molar-refractivity contribution < 1.29 is 17.6 Å². The molecule has 1 heterocycles. The van der Waals surface area contributed by atoms with Crippen LogP contribution in [0.5, 0.6) is 0 Å². The molecule has 26 heavy (non-hydrogen) atoms. The van der Waals surface area contributed by atoms with Gasteiger partial charge in [0, 0.05) is 29.0 Å². The number of carbonyl (C=O) groups excluding carboxylic acids is 1. The Bertz CT molecular complexity index is 1130. The Morgan fingerprint density at radius 1 is 1.19 bits per heavy atom. The van der Waals surface area contributed by atoms with Gasteiger partial charge in [0.25, 0.3) is 5.91 Å². The van der Waals surface area contributed by atoms with E-state index in [2.05, 4.69) is 4.99 Å². The van der Waals surface area contributed by atoms with Crippen LogP contribution >= 0.6 is 11.3 Å². The van der Waals surface area contributed by atoms with Gasteiger partial charge in [0.1, 0.15) is 5.82 Å². The van der Waals surface area contributed by atoms with Crippen molar-refractivity contribution in [3.05, 3.63) is 81.9 Å². The predicted octanol–water partition coefficient (Wildman–Crippen LogP) is 2.88. The van der Waals surface area contributed by atoms with E-state index in [4.69, 9.17) is 0 Å². The van der Waals surface area contributed by atoms with Gasteiger partial charge in [0.15, 0.2) is 14.6 Å². The molecule has 1 amide bonds. The Morgan fingerprint density at radius 2 is 1.96 bits per heavy atom. The lowest BCUT2D eigenvalue weighted by Crippen LogP contribution is -2.17. The number of aromatic nitrogens is 1. The Hall–Kier alpha value is -2.58. The first-order chi connectivity index (χ1) is 12.3. The van der Waals surface area contributed by atoms with Crippen LogP contribution in [0.25, 0.3) is 0 Å². The molecule has 0 saturated heterocycles. The van der Waals surface area contributed by atoms with E-state index in [-0.39, 0.29) is 22.8 Å². The zero-order valence-electron chi connectivity index (χ0n) is 13.8. The highest BCUT2D eigenvalue weighted by atomic mass is 32.2. The standard InChI is InChI=1S/C18H15FN2O3S2/c1-26(23,24)15-7-4-6-13(11-15)17(22)20-18-21(9-10-25-18)12-14-5-2-3-8-16(14)19/h2-11H,12H2,1H3. The maximum absolute atomic E-state index is 13.8. The van der Waals surface area contributed by atoms with Crippen molar-refractivity contribution >= 4 is 27.1 Å². The minimum Gasteiger partial charge on any atom is -0.319 e. The fraction of sp³-hybridized carbons (Fsp3) is 0.111. The zero-order valence-corrected chi connectivity index (χ0v) is 15.4. The van der Waals surface area contributed by atoms with Gasteiger partial charge in [-0.15, -0.1) is 11.3 Å². The molecule has 3 aromatic rings. The summed E-state index contributed by atoms with van der Waals surface area (Å²) in [5.74, 6) is -0.885. The first-order valence-electron chi connectivity index (χ1n) is 7.61. The van der Waals surface area contributed by atoms with Crippen molar-refractivity contribution in [3.63, 3.8) is 0 Å². The normalized spacial score (nSPS) is 12.3. The number of carbonyl (C=O) groups is 1. The van der Waals surface area contributed by atoms with Crippen LogP contribution in [0.1, 0.15) is 15.9 Å². The molecule has 0 saturated carbocycles. The second-order valence-electron chi connectivity index (χ2n) is 5.62. The molecule has 8 heteroatoms. The number of hydrogen-bond donors (Lipinski definition) is 0. The number of halogens is 1. The molecule has 134 valence electrons. The third-order valence-corrected chi connectivity index (χ3v) is 5.57. The monoisotopic (exact) mass is 390 g/mol. The number of nitrogens with zero attached hydrogens (tertiary/aromatic N) is 2. The Kier molecular flexibility index (Phi) is 5.15. The van der Waals surface area contributed by atoms with Crippen LogP contribution < -0.4 is 4.80 Å². The molecular weight excluding hydrogens is 375 g/mol. The second-order valence-corrected chi connectivity index (χ2v) is 8.51. The lowest BCUT2D eigenvalue weighted by atomic mass is 10.2. The third kappa shape index (κ3) is 4.14. The van der Waals surface area contributed by atoms with Gasteiger partial charge in [-0.3, -0.25) is 4.79 Å². The summed E-state index contributed by atoms with van der Waals surface area (Å²) in [6.07, 6.45) is 2.80. The third-order valence-electron chi connectivity index (χ3n) is 3.66. The molecule has 0 aliphatic heterocycles. The van der Waals surface area contributed by atoms with E-state index in [1.165, 1.54) is 41.7 Å². The van der Waals surface area contributed by atoms with Crippen molar-refractivity contribution in [2.24, 2.45) is 4.99 Å². The second kappa shape index (κ2) is 7.35. The predicted molar refractivity (Wildman–Crippen MR) is 97.3 cm³/mol. The number of rotatable bonds is 4. The van der Waals surface area contributed by atoms with Crippen LogP contribution in [-0.4, -0.2) is 25.1 Å². The molecule has 0 aliphatic carbocycles. The minimum absolute atomic E-state index is 0.0592. The minimum atomic E-state index is -3.41. The molecule has 5 nitrogen and oxygen atoms in total. The van der Waals surface area contributed by atoms with Crippen LogP contribution in [0.15, 0.2) is 70.0 Å². The molecule has 0 N–H and O–H groups in total. The highest BCUT2D eigenvalue weighted by Crippen LogP contribution is 2.12. The summed E-state index contributed by atoms with van der Waals surface area (Å²) in [6.45, 7) is 0.242. The molecule has 0 radical (unpaired) electrons. The molecule has 0 atom stereocenters. The maximum atomic E-state index is 13.8. The summed E-state index contributed by atoms with van der Waals surface area (Å²) in [4.78, 5) is 16.9. The van der Waals surface area contributed by atoms with Crippen LogP contribution in [0.2, 0.25) is 0 Å². The average molecular weight is 390 g/mol. The number of benzene rings is 2. The van der Waals surface area contributed by atoms with Crippen molar-refractivity contribution in [2.45, 2.75) is 11.4 Å². The molecular formula is C18H15FN2O3S2. The summed E-state index contributed by atoms with van der Waals surface area (Å²) >= 11 is 1.24. The first-order valence-corrected chi connectivity index (χ1v) is 10.4. The molecule has 3 rings (SSSR count). The number of hydrogen-bond acceptors (Lipinski definition) is 4. The molecule has 1 aromatic heterocycles. The van der Waals surface area contributed by atoms with E-state index in [1.807, 2.05) is 0 Å². The fourth-order valence-corrected chi connectivity index (χ4v) is 3.72. The van der Waals surface area contributed by atoms with Gasteiger partial charge in [-0.2, -0.15) is 4.99 Å². The molecule has 0 fully saturated rings. The van der Waals surface area contributed by atoms with E-state index in [0.29, 0.717) is 10.4 Å². The smallest absolute Gasteiger partial charge is 0.279 e. The molecule has 0 aliphatic rings. The van der Waals surface area contributed by atoms with Crippen molar-refractivity contribution in [1.29, 1.82) is 0 Å². The van der Waals surface area contributed by atoms with Gasteiger partial charge in [-0.1, -0.05) is 24.3 Å². The van der Waals surface area contributed by atoms with Gasteiger partial charge in [0.2, 0.25) is 0 Å². The highest BCUT2D eigenvalue weighted by Gasteiger charge is 2.12. The highest BCUT2D eigenvalue weighted by molar-refractivity contribution is 7.90. The summed E-state index contributed by atoms with van der Waals surface area (Å²) < 4.78 is 38.8. The first kappa shape index (κ1) is 18.2. The Balaban J connectivity index is 1.93. The van der Waals surface area contributed by atoms with E-state index in [9.17, 15) is 17.6 Å². The molecule has 0 bridgehead atoms. The molecule has 0 spiro atoms. The van der Waals surface area contributed by atoms with Crippen LogP contribution in [0.4, 0.5) is 4.39 Å². The van der Waals surface area contributed by atoms with E-state index in [1.54, 1.807) is 34.3 Å². The summed E-state index contributed by atoms with van der Waals surface area (Å²) in [6, 6.07) is 12.1. The SMILES string of the molecule is CS(=O)(=O)c1cccc(C(=O)N=c2sccn2Cc2ccccc2F)c1. The van der Waals surface area contributed by atoms with E-state index >= 15 is 0 Å². The van der Waals surface area contributed by atoms with Gasteiger partial charge < -0.3 is 4.57 Å². The van der Waals surface area contributed by atoms with Gasteiger partial charge in [0.05, 0.1) is 11.4 Å².